The van der Waals surface area contributed by atoms with Crippen LogP contribution in [0, 0.1) is 0 Å². The molecule has 1 aromatic heterocycles. The molecule has 0 unspecified atom stereocenters. The molecule has 0 bridgehead atoms. The zero-order chi connectivity index (χ0) is 18.2. The Morgan fingerprint density at radius 2 is 1.85 bits per heavy atom. The molecule has 2 N–H and O–H groups in total. The Bertz CT molecular complexity index is 568. The molecule has 26 heavy (non-hydrogen) atoms. The normalized spacial score (nSPS) is 21.5. The summed E-state index contributed by atoms with van der Waals surface area (Å²) in [6.45, 7) is 7.12. The number of likely N-dealkylation sites (tertiary alicyclic amines) is 1. The number of nitrogens with one attached hydrogen (secondary N) is 2. The van der Waals surface area contributed by atoms with E-state index in [1.807, 2.05) is 7.05 Å². The highest BCUT2D eigenvalue weighted by Gasteiger charge is 2.38. The van der Waals surface area contributed by atoms with E-state index in [1.165, 1.54) is 64.5 Å². The first-order valence-electron chi connectivity index (χ1n) is 10.3. The number of aryl methyl sites for hydroxylation is 1. The summed E-state index contributed by atoms with van der Waals surface area (Å²) in [6.07, 6.45) is 12.6. The van der Waals surface area contributed by atoms with Crippen LogP contribution in [0.2, 0.25) is 0 Å². The summed E-state index contributed by atoms with van der Waals surface area (Å²) in [4.78, 5) is 7.19. The summed E-state index contributed by atoms with van der Waals surface area (Å²) in [5.41, 5.74) is 0.305. The Morgan fingerprint density at radius 1 is 1.12 bits per heavy atom. The van der Waals surface area contributed by atoms with Gasteiger partial charge in [-0.25, -0.2) is 0 Å². The lowest BCUT2D eigenvalue weighted by Crippen LogP contribution is -2.59. The van der Waals surface area contributed by atoms with E-state index in [1.54, 1.807) is 6.33 Å². The van der Waals surface area contributed by atoms with Crippen LogP contribution in [0.3, 0.4) is 0 Å². The van der Waals surface area contributed by atoms with Gasteiger partial charge in [0.25, 0.3) is 0 Å². The second-order valence-electron chi connectivity index (χ2n) is 7.65. The van der Waals surface area contributed by atoms with E-state index in [9.17, 15) is 0 Å². The summed E-state index contributed by atoms with van der Waals surface area (Å²) in [5, 5.41) is 15.2. The van der Waals surface area contributed by atoms with E-state index in [0.29, 0.717) is 12.1 Å². The molecule has 1 aliphatic heterocycles. The van der Waals surface area contributed by atoms with Crippen molar-refractivity contribution in [3.63, 3.8) is 0 Å². The lowest BCUT2D eigenvalue weighted by molar-refractivity contribution is 0.0368. The van der Waals surface area contributed by atoms with Crippen molar-refractivity contribution in [2.75, 3.05) is 26.7 Å². The molecule has 1 aliphatic carbocycles. The van der Waals surface area contributed by atoms with E-state index in [0.717, 1.165) is 24.9 Å². The van der Waals surface area contributed by atoms with Gasteiger partial charge in [0, 0.05) is 25.7 Å². The molecule has 1 saturated heterocycles. The third kappa shape index (κ3) is 4.55. The van der Waals surface area contributed by atoms with Crippen molar-refractivity contribution in [1.82, 2.24) is 30.3 Å². The molecule has 0 amide bonds. The molecular weight excluding hydrogens is 326 g/mol. The molecule has 3 rings (SSSR count). The van der Waals surface area contributed by atoms with Crippen molar-refractivity contribution in [2.24, 2.45) is 4.99 Å². The minimum atomic E-state index is 0.305. The standard InChI is InChI=1S/C19H35N7/c1-3-25-16-23-24-17(25)14-21-18(20-2)22-15-19(10-6-4-7-11-19)26-12-8-5-9-13-26/h16H,3-15H2,1-2H3,(H2,20,21,22). The van der Waals surface area contributed by atoms with Gasteiger partial charge in [-0.1, -0.05) is 25.7 Å². The molecule has 1 saturated carbocycles. The molecule has 2 aliphatic rings. The predicted octanol–water partition coefficient (Wildman–Crippen LogP) is 2.15. The van der Waals surface area contributed by atoms with Crippen molar-refractivity contribution >= 4 is 5.96 Å². The van der Waals surface area contributed by atoms with Crippen LogP contribution in [0.1, 0.15) is 64.1 Å². The first kappa shape index (κ1) is 19.1. The fourth-order valence-electron chi connectivity index (χ4n) is 4.49. The van der Waals surface area contributed by atoms with Gasteiger partial charge in [0.15, 0.2) is 11.8 Å². The number of nitrogens with zero attached hydrogens (tertiary/aromatic N) is 5. The monoisotopic (exact) mass is 361 g/mol. The van der Waals surface area contributed by atoms with Crippen LogP contribution in [0.4, 0.5) is 0 Å². The minimum Gasteiger partial charge on any atom is -0.355 e. The highest BCUT2D eigenvalue weighted by atomic mass is 15.3. The van der Waals surface area contributed by atoms with E-state index in [-0.39, 0.29) is 0 Å². The summed E-state index contributed by atoms with van der Waals surface area (Å²) in [7, 11) is 1.84. The lowest BCUT2D eigenvalue weighted by atomic mass is 9.79. The summed E-state index contributed by atoms with van der Waals surface area (Å²) < 4.78 is 2.05. The molecule has 2 fully saturated rings. The predicted molar refractivity (Wildman–Crippen MR) is 105 cm³/mol. The van der Waals surface area contributed by atoms with E-state index in [4.69, 9.17) is 0 Å². The van der Waals surface area contributed by atoms with Crippen molar-refractivity contribution in [2.45, 2.75) is 76.9 Å². The Balaban J connectivity index is 1.58. The Kier molecular flexibility index (Phi) is 6.88. The number of hydrogen-bond donors (Lipinski definition) is 2. The Hall–Kier alpha value is -1.63. The van der Waals surface area contributed by atoms with Gasteiger partial charge >= 0.3 is 0 Å². The Morgan fingerprint density at radius 3 is 2.54 bits per heavy atom. The summed E-state index contributed by atoms with van der Waals surface area (Å²) in [6, 6.07) is 0. The van der Waals surface area contributed by atoms with Gasteiger partial charge in [-0.3, -0.25) is 9.89 Å². The second kappa shape index (κ2) is 9.35. The molecule has 0 atom stereocenters. The zero-order valence-corrected chi connectivity index (χ0v) is 16.5. The highest BCUT2D eigenvalue weighted by Crippen LogP contribution is 2.35. The number of aliphatic imine (C=N–C) groups is 1. The van der Waals surface area contributed by atoms with Crippen molar-refractivity contribution < 1.29 is 0 Å². The molecule has 2 heterocycles. The highest BCUT2D eigenvalue weighted by molar-refractivity contribution is 5.79. The van der Waals surface area contributed by atoms with Gasteiger partial charge in [0.05, 0.1) is 6.54 Å². The second-order valence-corrected chi connectivity index (χ2v) is 7.65. The zero-order valence-electron chi connectivity index (χ0n) is 16.5. The average molecular weight is 362 g/mol. The fraction of sp³-hybridized carbons (Fsp3) is 0.842. The van der Waals surface area contributed by atoms with Crippen LogP contribution in [0.25, 0.3) is 0 Å². The first-order chi connectivity index (χ1) is 12.8. The third-order valence-corrected chi connectivity index (χ3v) is 6.07. The van der Waals surface area contributed by atoms with Gasteiger partial charge in [-0.2, -0.15) is 0 Å². The maximum Gasteiger partial charge on any atom is 0.191 e. The molecule has 0 radical (unpaired) electrons. The van der Waals surface area contributed by atoms with Gasteiger partial charge in [-0.15, -0.1) is 10.2 Å². The van der Waals surface area contributed by atoms with Gasteiger partial charge in [0.2, 0.25) is 0 Å². The van der Waals surface area contributed by atoms with E-state index in [2.05, 4.69) is 42.2 Å². The number of aromatic nitrogens is 3. The summed E-state index contributed by atoms with van der Waals surface area (Å²) >= 11 is 0. The molecule has 1 aromatic rings. The van der Waals surface area contributed by atoms with Crippen molar-refractivity contribution in [3.05, 3.63) is 12.2 Å². The van der Waals surface area contributed by atoms with Crippen LogP contribution < -0.4 is 10.6 Å². The smallest absolute Gasteiger partial charge is 0.191 e. The van der Waals surface area contributed by atoms with Gasteiger partial charge in [-0.05, 0) is 45.7 Å². The number of hydrogen-bond acceptors (Lipinski definition) is 4. The van der Waals surface area contributed by atoms with Gasteiger partial charge in [0.1, 0.15) is 6.33 Å². The molecule has 7 heteroatoms. The largest absolute Gasteiger partial charge is 0.355 e. The quantitative estimate of drug-likeness (QED) is 0.600. The molecular formula is C19H35N7. The van der Waals surface area contributed by atoms with Crippen molar-refractivity contribution in [3.8, 4) is 0 Å². The van der Waals surface area contributed by atoms with Crippen LogP contribution in [0.5, 0.6) is 0 Å². The van der Waals surface area contributed by atoms with E-state index < -0.39 is 0 Å². The van der Waals surface area contributed by atoms with Crippen LogP contribution in [0.15, 0.2) is 11.3 Å². The molecule has 0 aromatic carbocycles. The maximum atomic E-state index is 4.42. The summed E-state index contributed by atoms with van der Waals surface area (Å²) in [5.74, 6) is 1.80. The minimum absolute atomic E-state index is 0.305. The van der Waals surface area contributed by atoms with Crippen LogP contribution in [-0.4, -0.2) is 57.8 Å². The molecule has 7 nitrogen and oxygen atoms in total. The molecule has 146 valence electrons. The number of rotatable bonds is 6. The number of guanidine groups is 1. The molecule has 0 spiro atoms. The first-order valence-corrected chi connectivity index (χ1v) is 10.3. The lowest BCUT2D eigenvalue weighted by Gasteiger charge is -2.48. The van der Waals surface area contributed by atoms with Crippen LogP contribution >= 0.6 is 0 Å². The third-order valence-electron chi connectivity index (χ3n) is 6.07. The number of piperidine rings is 1. The Labute approximate surface area is 157 Å². The maximum absolute atomic E-state index is 4.42. The SMILES string of the molecule is CCn1cnnc1CNC(=NC)NCC1(N2CCCCC2)CCCCC1. The van der Waals surface area contributed by atoms with Gasteiger partial charge < -0.3 is 15.2 Å². The average Bonchev–Trinajstić information content (AvgIpc) is 3.17. The van der Waals surface area contributed by atoms with E-state index >= 15 is 0 Å². The van der Waals surface area contributed by atoms with Crippen molar-refractivity contribution in [1.29, 1.82) is 0 Å². The van der Waals surface area contributed by atoms with Crippen LogP contribution in [-0.2, 0) is 13.1 Å². The topological polar surface area (TPSA) is 70.4 Å². The fourth-order valence-corrected chi connectivity index (χ4v) is 4.49.